The zero-order chi connectivity index (χ0) is 14.0. The van der Waals surface area contributed by atoms with Gasteiger partial charge in [0.05, 0.1) is 5.69 Å². The van der Waals surface area contributed by atoms with Crippen molar-refractivity contribution in [2.75, 3.05) is 5.32 Å². The number of hydrogen-bond acceptors (Lipinski definition) is 1. The molecule has 1 aliphatic carbocycles. The van der Waals surface area contributed by atoms with Crippen LogP contribution in [-0.4, -0.2) is 6.04 Å². The third kappa shape index (κ3) is 3.53. The Morgan fingerprint density at radius 1 is 1.16 bits per heavy atom. The maximum Gasteiger partial charge on any atom is 0.0516 e. The summed E-state index contributed by atoms with van der Waals surface area (Å²) in [4.78, 5) is 0. The van der Waals surface area contributed by atoms with Crippen molar-refractivity contribution in [1.29, 1.82) is 0 Å². The Hall–Kier alpha value is -0.500. The smallest absolute Gasteiger partial charge is 0.0516 e. The second kappa shape index (κ2) is 6.30. The fourth-order valence-electron chi connectivity index (χ4n) is 3.42. The second-order valence-corrected chi connectivity index (χ2v) is 7.24. The van der Waals surface area contributed by atoms with Crippen LogP contribution in [0.3, 0.4) is 0 Å². The molecule has 0 heterocycles. The lowest BCUT2D eigenvalue weighted by Crippen LogP contribution is -2.35. The van der Waals surface area contributed by atoms with E-state index >= 15 is 0 Å². The van der Waals surface area contributed by atoms with Crippen molar-refractivity contribution in [3.63, 3.8) is 0 Å². The molecule has 0 radical (unpaired) electrons. The van der Waals surface area contributed by atoms with Gasteiger partial charge in [-0.15, -0.1) is 0 Å². The number of aryl methyl sites for hydroxylation is 2. The van der Waals surface area contributed by atoms with E-state index in [1.165, 1.54) is 47.0 Å². The molecule has 1 aliphatic rings. The maximum atomic E-state index is 3.83. The summed E-state index contributed by atoms with van der Waals surface area (Å²) in [6.07, 6.45) is 5.44. The number of benzene rings is 1. The standard InChI is InChI=1S/C17H26BrN/c1-11(2)14-7-5-6-8-16(14)19-17-13(4)9-12(3)10-15(17)18/h9-11,14,16,19H,5-8H2,1-4H3. The van der Waals surface area contributed by atoms with Gasteiger partial charge in [0.2, 0.25) is 0 Å². The average Bonchev–Trinajstić information content (AvgIpc) is 2.34. The molecular formula is C17H26BrN. The first-order valence-electron chi connectivity index (χ1n) is 7.52. The largest absolute Gasteiger partial charge is 0.381 e. The van der Waals surface area contributed by atoms with Crippen molar-refractivity contribution in [2.24, 2.45) is 11.8 Å². The molecule has 0 amide bonds. The first-order chi connectivity index (χ1) is 8.99. The minimum Gasteiger partial charge on any atom is -0.381 e. The van der Waals surface area contributed by atoms with Crippen molar-refractivity contribution in [3.05, 3.63) is 27.7 Å². The summed E-state index contributed by atoms with van der Waals surface area (Å²) < 4.78 is 1.21. The SMILES string of the molecule is Cc1cc(C)c(NC2CCCCC2C(C)C)c(Br)c1. The second-order valence-electron chi connectivity index (χ2n) is 6.38. The molecule has 1 aromatic carbocycles. The Bertz CT molecular complexity index is 416. The minimum atomic E-state index is 0.631. The number of rotatable bonds is 3. The molecule has 1 nitrogen and oxygen atoms in total. The Balaban J connectivity index is 2.19. The van der Waals surface area contributed by atoms with Gasteiger partial charge in [-0.3, -0.25) is 0 Å². The monoisotopic (exact) mass is 323 g/mol. The predicted molar refractivity (Wildman–Crippen MR) is 87.8 cm³/mol. The van der Waals surface area contributed by atoms with Gasteiger partial charge in [-0.05, 0) is 71.6 Å². The van der Waals surface area contributed by atoms with Crippen molar-refractivity contribution in [2.45, 2.75) is 59.4 Å². The molecule has 0 aromatic heterocycles. The van der Waals surface area contributed by atoms with Crippen LogP contribution >= 0.6 is 15.9 Å². The highest BCUT2D eigenvalue weighted by molar-refractivity contribution is 9.10. The summed E-state index contributed by atoms with van der Waals surface area (Å²) in [5, 5.41) is 3.83. The van der Waals surface area contributed by atoms with Crippen molar-refractivity contribution < 1.29 is 0 Å². The molecule has 19 heavy (non-hydrogen) atoms. The fraction of sp³-hybridized carbons (Fsp3) is 0.647. The lowest BCUT2D eigenvalue weighted by atomic mass is 9.77. The molecule has 1 fully saturated rings. The van der Waals surface area contributed by atoms with Crippen LogP contribution in [0.2, 0.25) is 0 Å². The molecule has 106 valence electrons. The average molecular weight is 324 g/mol. The van der Waals surface area contributed by atoms with E-state index in [-0.39, 0.29) is 0 Å². The zero-order valence-corrected chi connectivity index (χ0v) is 14.2. The fourth-order valence-corrected chi connectivity index (χ4v) is 4.21. The van der Waals surface area contributed by atoms with Crippen LogP contribution in [0.15, 0.2) is 16.6 Å². The van der Waals surface area contributed by atoms with Gasteiger partial charge in [0.15, 0.2) is 0 Å². The van der Waals surface area contributed by atoms with E-state index in [4.69, 9.17) is 0 Å². The Labute approximate surface area is 126 Å². The summed E-state index contributed by atoms with van der Waals surface area (Å²) in [6, 6.07) is 5.11. The third-order valence-electron chi connectivity index (χ3n) is 4.44. The predicted octanol–water partition coefficient (Wildman–Crippen LogP) is 5.69. The quantitative estimate of drug-likeness (QED) is 0.753. The van der Waals surface area contributed by atoms with Gasteiger partial charge in [-0.2, -0.15) is 0 Å². The van der Waals surface area contributed by atoms with Gasteiger partial charge in [0.25, 0.3) is 0 Å². The molecule has 1 N–H and O–H groups in total. The molecule has 2 unspecified atom stereocenters. The number of nitrogens with one attached hydrogen (secondary N) is 1. The van der Waals surface area contributed by atoms with Gasteiger partial charge >= 0.3 is 0 Å². The molecule has 0 aliphatic heterocycles. The first-order valence-corrected chi connectivity index (χ1v) is 8.31. The van der Waals surface area contributed by atoms with Crippen molar-refractivity contribution in [1.82, 2.24) is 0 Å². The lowest BCUT2D eigenvalue weighted by molar-refractivity contribution is 0.253. The van der Waals surface area contributed by atoms with Crippen LogP contribution in [0, 0.1) is 25.7 Å². The van der Waals surface area contributed by atoms with Gasteiger partial charge in [-0.25, -0.2) is 0 Å². The van der Waals surface area contributed by atoms with Crippen LogP contribution in [0.1, 0.15) is 50.7 Å². The van der Waals surface area contributed by atoms with Crippen LogP contribution in [0.5, 0.6) is 0 Å². The number of anilines is 1. The summed E-state index contributed by atoms with van der Waals surface area (Å²) in [5.74, 6) is 1.57. The van der Waals surface area contributed by atoms with Gasteiger partial charge in [-0.1, -0.05) is 32.8 Å². The summed E-state index contributed by atoms with van der Waals surface area (Å²) in [6.45, 7) is 9.08. The van der Waals surface area contributed by atoms with E-state index in [2.05, 4.69) is 61.1 Å². The van der Waals surface area contributed by atoms with E-state index in [0.29, 0.717) is 6.04 Å². The number of hydrogen-bond donors (Lipinski definition) is 1. The van der Waals surface area contributed by atoms with Crippen LogP contribution in [0.25, 0.3) is 0 Å². The van der Waals surface area contributed by atoms with Gasteiger partial charge < -0.3 is 5.32 Å². The third-order valence-corrected chi connectivity index (χ3v) is 5.06. The zero-order valence-electron chi connectivity index (χ0n) is 12.6. The van der Waals surface area contributed by atoms with E-state index in [9.17, 15) is 0 Å². The van der Waals surface area contributed by atoms with E-state index in [0.717, 1.165) is 11.8 Å². The van der Waals surface area contributed by atoms with Crippen LogP contribution < -0.4 is 5.32 Å². The highest BCUT2D eigenvalue weighted by atomic mass is 79.9. The van der Waals surface area contributed by atoms with E-state index < -0.39 is 0 Å². The molecule has 0 bridgehead atoms. The molecule has 2 heteroatoms. The summed E-state index contributed by atoms with van der Waals surface area (Å²) in [5.41, 5.74) is 3.96. The van der Waals surface area contributed by atoms with Crippen LogP contribution in [-0.2, 0) is 0 Å². The summed E-state index contributed by atoms with van der Waals surface area (Å²) in [7, 11) is 0. The Kier molecular flexibility index (Phi) is 4.94. The van der Waals surface area contributed by atoms with Crippen LogP contribution in [0.4, 0.5) is 5.69 Å². The normalized spacial score (nSPS) is 23.7. The first kappa shape index (κ1) is 14.9. The van der Waals surface area contributed by atoms with Crippen molar-refractivity contribution >= 4 is 21.6 Å². The molecule has 2 rings (SSSR count). The van der Waals surface area contributed by atoms with Crippen molar-refractivity contribution in [3.8, 4) is 0 Å². The minimum absolute atomic E-state index is 0.631. The Morgan fingerprint density at radius 3 is 2.47 bits per heavy atom. The molecule has 2 atom stereocenters. The number of halogens is 1. The Morgan fingerprint density at radius 2 is 1.84 bits per heavy atom. The molecule has 1 saturated carbocycles. The van der Waals surface area contributed by atoms with Gasteiger partial charge in [0.1, 0.15) is 0 Å². The highest BCUT2D eigenvalue weighted by Gasteiger charge is 2.28. The molecule has 0 spiro atoms. The topological polar surface area (TPSA) is 12.0 Å². The summed E-state index contributed by atoms with van der Waals surface area (Å²) >= 11 is 3.72. The van der Waals surface area contributed by atoms with E-state index in [1.54, 1.807) is 0 Å². The van der Waals surface area contributed by atoms with Gasteiger partial charge in [0, 0.05) is 10.5 Å². The van der Waals surface area contributed by atoms with E-state index in [1.807, 2.05) is 0 Å². The maximum absolute atomic E-state index is 3.83. The molecule has 1 aromatic rings. The highest BCUT2D eigenvalue weighted by Crippen LogP contribution is 2.35. The molecule has 0 saturated heterocycles. The lowest BCUT2D eigenvalue weighted by Gasteiger charge is -2.36. The molecular weight excluding hydrogens is 298 g/mol.